The lowest BCUT2D eigenvalue weighted by Crippen LogP contribution is -2.97. The molecule has 2 atom stereocenters. The van der Waals surface area contributed by atoms with Crippen LogP contribution in [-0.2, 0) is 14.6 Å². The lowest BCUT2D eigenvalue weighted by molar-refractivity contribution is -0.710. The molecule has 1 aliphatic heterocycles. The molecule has 0 radical (unpaired) electrons. The highest BCUT2D eigenvalue weighted by Crippen LogP contribution is 2.08. The van der Waals surface area contributed by atoms with Gasteiger partial charge in [0.2, 0.25) is 0 Å². The van der Waals surface area contributed by atoms with Crippen LogP contribution in [-0.4, -0.2) is 38.0 Å². The van der Waals surface area contributed by atoms with Crippen molar-refractivity contribution in [3.05, 3.63) is 0 Å². The monoisotopic (exact) mass is 221 g/mol. The number of carboxylic acid groups (broad SMARTS) is 1. The fourth-order valence-corrected chi connectivity index (χ4v) is 3.44. The van der Waals surface area contributed by atoms with Gasteiger partial charge in [0.05, 0.1) is 11.7 Å². The molecular formula is C8H15NO4S. The molecule has 6 heteroatoms. The van der Waals surface area contributed by atoms with Gasteiger partial charge in [-0.3, -0.25) is 0 Å². The molecule has 1 aliphatic rings. The first-order chi connectivity index (χ1) is 6.44. The van der Waals surface area contributed by atoms with Crippen LogP contribution in [0.1, 0.15) is 19.8 Å². The molecule has 0 saturated carbocycles. The molecule has 0 aromatic heterocycles. The largest absolute Gasteiger partial charge is 0.544 e. The topological polar surface area (TPSA) is 90.9 Å². The zero-order valence-electron chi connectivity index (χ0n) is 8.10. The molecule has 0 spiro atoms. The number of carbonyl (C=O) groups is 1. The molecule has 2 N–H and O–H groups in total. The number of carbonyl (C=O) groups excluding carboxylic acids is 1. The third-order valence-corrected chi connectivity index (χ3v) is 4.31. The fraction of sp³-hybridized carbons (Fsp3) is 0.875. The van der Waals surface area contributed by atoms with Crippen LogP contribution >= 0.6 is 0 Å². The van der Waals surface area contributed by atoms with Gasteiger partial charge < -0.3 is 15.2 Å². The maximum atomic E-state index is 11.1. The molecule has 1 fully saturated rings. The van der Waals surface area contributed by atoms with Gasteiger partial charge in [-0.2, -0.15) is 0 Å². The summed E-state index contributed by atoms with van der Waals surface area (Å²) in [5.74, 6) is -0.842. The summed E-state index contributed by atoms with van der Waals surface area (Å²) in [6.45, 7) is 1.75. The van der Waals surface area contributed by atoms with E-state index in [4.69, 9.17) is 0 Å². The van der Waals surface area contributed by atoms with Gasteiger partial charge in [0.25, 0.3) is 0 Å². The normalized spacial score (nSPS) is 27.4. The van der Waals surface area contributed by atoms with E-state index in [1.807, 2.05) is 0 Å². The smallest absolute Gasteiger partial charge is 0.156 e. The molecule has 0 aromatic carbocycles. The number of quaternary nitrogens is 1. The molecule has 0 bridgehead atoms. The van der Waals surface area contributed by atoms with Crippen molar-refractivity contribution in [1.82, 2.24) is 0 Å². The highest BCUT2D eigenvalue weighted by molar-refractivity contribution is 7.91. The van der Waals surface area contributed by atoms with E-state index in [1.54, 1.807) is 12.2 Å². The number of hydrogen-bond acceptors (Lipinski definition) is 4. The van der Waals surface area contributed by atoms with Gasteiger partial charge in [-0.25, -0.2) is 8.42 Å². The average molecular weight is 221 g/mol. The minimum atomic E-state index is -2.92. The van der Waals surface area contributed by atoms with Crippen LogP contribution in [0.5, 0.6) is 0 Å². The molecule has 0 unspecified atom stereocenters. The fourth-order valence-electron chi connectivity index (χ4n) is 1.69. The van der Waals surface area contributed by atoms with Crippen molar-refractivity contribution < 1.29 is 23.6 Å². The summed E-state index contributed by atoms with van der Waals surface area (Å²) in [5.41, 5.74) is 0. The van der Waals surface area contributed by atoms with Gasteiger partial charge in [0.1, 0.15) is 17.8 Å². The second-order valence-electron chi connectivity index (χ2n) is 3.69. The summed E-state index contributed by atoms with van der Waals surface area (Å²) in [5, 5.41) is 12.2. The Bertz CT molecular complexity index is 311. The maximum absolute atomic E-state index is 11.1. The third kappa shape index (κ3) is 2.95. The molecule has 0 aromatic rings. The van der Waals surface area contributed by atoms with E-state index < -0.39 is 21.8 Å². The van der Waals surface area contributed by atoms with Crippen LogP contribution in [0.2, 0.25) is 0 Å². The lowest BCUT2D eigenvalue weighted by Gasteiger charge is -2.17. The van der Waals surface area contributed by atoms with Crippen molar-refractivity contribution >= 4 is 15.8 Å². The number of aliphatic carboxylic acids is 1. The van der Waals surface area contributed by atoms with Crippen LogP contribution in [0.4, 0.5) is 0 Å². The number of sulfone groups is 1. The van der Waals surface area contributed by atoms with Gasteiger partial charge in [-0.05, 0) is 0 Å². The van der Waals surface area contributed by atoms with E-state index in [0.717, 1.165) is 0 Å². The van der Waals surface area contributed by atoms with Crippen molar-refractivity contribution in [1.29, 1.82) is 0 Å². The number of rotatable bonds is 4. The molecule has 82 valence electrons. The van der Waals surface area contributed by atoms with E-state index in [0.29, 0.717) is 12.8 Å². The molecule has 5 nitrogen and oxygen atoms in total. The van der Waals surface area contributed by atoms with E-state index in [9.17, 15) is 18.3 Å². The summed E-state index contributed by atoms with van der Waals surface area (Å²) < 4.78 is 22.2. The highest BCUT2D eigenvalue weighted by Gasteiger charge is 2.32. The van der Waals surface area contributed by atoms with E-state index >= 15 is 0 Å². The maximum Gasteiger partial charge on any atom is 0.156 e. The predicted molar refractivity (Wildman–Crippen MR) is 48.1 cm³/mol. The first-order valence-electron chi connectivity index (χ1n) is 4.71. The Morgan fingerprint density at radius 2 is 2.29 bits per heavy atom. The zero-order valence-corrected chi connectivity index (χ0v) is 8.92. The van der Waals surface area contributed by atoms with E-state index in [1.165, 1.54) is 0 Å². The molecule has 0 aliphatic carbocycles. The summed E-state index contributed by atoms with van der Waals surface area (Å²) in [6, 6.07) is -0.726. The Kier molecular flexibility index (Phi) is 3.49. The average Bonchev–Trinajstić information content (AvgIpc) is 2.41. The van der Waals surface area contributed by atoms with Gasteiger partial charge in [-0.1, -0.05) is 6.92 Å². The Balaban J connectivity index is 2.50. The molecule has 1 saturated heterocycles. The molecule has 1 rings (SSSR count). The van der Waals surface area contributed by atoms with Crippen LogP contribution < -0.4 is 10.4 Å². The second kappa shape index (κ2) is 4.27. The van der Waals surface area contributed by atoms with Crippen LogP contribution in [0.3, 0.4) is 0 Å². The first kappa shape index (κ1) is 11.5. The highest BCUT2D eigenvalue weighted by atomic mass is 32.2. The van der Waals surface area contributed by atoms with Crippen molar-refractivity contribution in [2.75, 3.05) is 11.5 Å². The van der Waals surface area contributed by atoms with Gasteiger partial charge >= 0.3 is 0 Å². The number of nitrogens with two attached hydrogens (primary N) is 1. The van der Waals surface area contributed by atoms with Crippen LogP contribution in [0, 0.1) is 0 Å². The van der Waals surface area contributed by atoms with Gasteiger partial charge in [0, 0.05) is 12.8 Å². The third-order valence-electron chi connectivity index (χ3n) is 2.51. The summed E-state index contributed by atoms with van der Waals surface area (Å²) in [7, 11) is -2.92. The Hall–Kier alpha value is -0.620. The Morgan fingerprint density at radius 1 is 1.64 bits per heavy atom. The molecule has 14 heavy (non-hydrogen) atoms. The zero-order chi connectivity index (χ0) is 10.8. The van der Waals surface area contributed by atoms with Crippen molar-refractivity contribution in [2.45, 2.75) is 31.8 Å². The van der Waals surface area contributed by atoms with Crippen LogP contribution in [0.25, 0.3) is 0 Å². The van der Waals surface area contributed by atoms with E-state index in [2.05, 4.69) is 0 Å². The SMILES string of the molecule is CC[C@@H]([NH2+][C@@H]1CCS(=O)(=O)C1)C(=O)[O-]. The predicted octanol–water partition coefficient (Wildman–Crippen LogP) is -2.73. The quantitative estimate of drug-likeness (QED) is 0.558. The number of carboxylic acids is 1. The lowest BCUT2D eigenvalue weighted by atomic mass is 10.2. The summed E-state index contributed by atoms with van der Waals surface area (Å²) in [6.07, 6.45) is 1.00. The van der Waals surface area contributed by atoms with Crippen molar-refractivity contribution in [3.8, 4) is 0 Å². The molecule has 1 heterocycles. The van der Waals surface area contributed by atoms with Gasteiger partial charge in [0.15, 0.2) is 9.84 Å². The molecule has 0 amide bonds. The Labute approximate surface area is 83.4 Å². The molecular weight excluding hydrogens is 206 g/mol. The summed E-state index contributed by atoms with van der Waals surface area (Å²) in [4.78, 5) is 10.6. The standard InChI is InChI=1S/C8H15NO4S/c1-2-7(8(10)11)9-6-3-4-14(12,13)5-6/h6-7,9H,2-5H2,1H3,(H,10,11)/t6-,7-/m1/s1. The van der Waals surface area contributed by atoms with E-state index in [-0.39, 0.29) is 17.5 Å². The second-order valence-corrected chi connectivity index (χ2v) is 5.92. The minimum Gasteiger partial charge on any atom is -0.544 e. The van der Waals surface area contributed by atoms with Crippen molar-refractivity contribution in [2.24, 2.45) is 0 Å². The minimum absolute atomic E-state index is 0.0940. The summed E-state index contributed by atoms with van der Waals surface area (Å²) >= 11 is 0. The van der Waals surface area contributed by atoms with Crippen molar-refractivity contribution in [3.63, 3.8) is 0 Å². The Morgan fingerprint density at radius 3 is 2.64 bits per heavy atom. The van der Waals surface area contributed by atoms with Crippen LogP contribution in [0.15, 0.2) is 0 Å². The van der Waals surface area contributed by atoms with Gasteiger partial charge in [-0.15, -0.1) is 0 Å². The number of hydrogen-bond donors (Lipinski definition) is 1. The first-order valence-corrected chi connectivity index (χ1v) is 6.53.